The monoisotopic (exact) mass is 222 g/mol. The van der Waals surface area contributed by atoms with Crippen molar-refractivity contribution in [3.8, 4) is 0 Å². The zero-order valence-electron chi connectivity index (χ0n) is 8.68. The summed E-state index contributed by atoms with van der Waals surface area (Å²) in [7, 11) is 0. The van der Waals surface area contributed by atoms with Gasteiger partial charge >= 0.3 is 11.9 Å². The van der Waals surface area contributed by atoms with Gasteiger partial charge in [-0.05, 0) is 5.56 Å². The number of rotatable bonds is 3. The van der Waals surface area contributed by atoms with Gasteiger partial charge in [0.05, 0.1) is 0 Å². The van der Waals surface area contributed by atoms with E-state index < -0.39 is 17.5 Å². The van der Waals surface area contributed by atoms with Gasteiger partial charge in [0.15, 0.2) is 0 Å². The average molecular weight is 222 g/mol. The summed E-state index contributed by atoms with van der Waals surface area (Å²) in [6.07, 6.45) is 0.657. The van der Waals surface area contributed by atoms with Crippen molar-refractivity contribution in [3.05, 3.63) is 35.9 Å². The number of hydrogen-bond acceptors (Lipinski definition) is 3. The van der Waals surface area contributed by atoms with Crippen molar-refractivity contribution < 1.29 is 19.4 Å². The first-order valence-corrected chi connectivity index (χ1v) is 5.12. The van der Waals surface area contributed by atoms with E-state index in [1.807, 2.05) is 30.3 Å². The molecule has 0 saturated carbocycles. The van der Waals surface area contributed by atoms with Crippen molar-refractivity contribution in [1.29, 1.82) is 0 Å². The molecule has 1 aliphatic heterocycles. The highest BCUT2D eigenvalue weighted by Gasteiger charge is 2.47. The van der Waals surface area contributed by atoms with E-state index in [9.17, 15) is 9.59 Å². The number of cyclic esters (lactones) is 1. The predicted molar refractivity (Wildman–Crippen MR) is 55.8 cm³/mol. The van der Waals surface area contributed by atoms with Gasteiger partial charge in [0.2, 0.25) is 5.60 Å². The number of esters is 1. The standard InChI is InChI=1S/C12H12O4/c13-10-6-7-12(16-10,11(14)15)8-9-4-2-1-3-5-9/h1-5H,6-8H2,(H,14,15)/t12-/m0/s1/i16+2. The van der Waals surface area contributed by atoms with Crippen LogP contribution >= 0.6 is 0 Å². The van der Waals surface area contributed by atoms with Gasteiger partial charge in [-0.15, -0.1) is 0 Å². The normalized spacial score (nSPS) is 24.1. The number of hydrogen-bond donors (Lipinski definition) is 1. The SMILES string of the molecule is O=C1CC[C@](Cc2ccccc2)(C(=O)O)[18O]1. The Kier molecular flexibility index (Phi) is 2.64. The summed E-state index contributed by atoms with van der Waals surface area (Å²) in [6.45, 7) is 0. The fourth-order valence-electron chi connectivity index (χ4n) is 1.90. The quantitative estimate of drug-likeness (QED) is 0.620. The van der Waals surface area contributed by atoms with E-state index >= 15 is 0 Å². The van der Waals surface area contributed by atoms with Gasteiger partial charge in [-0.2, -0.15) is 0 Å². The molecule has 1 N–H and O–H groups in total. The van der Waals surface area contributed by atoms with Crippen LogP contribution in [0.2, 0.25) is 0 Å². The molecule has 1 atom stereocenters. The first-order valence-electron chi connectivity index (χ1n) is 5.12. The summed E-state index contributed by atoms with van der Waals surface area (Å²) >= 11 is 0. The van der Waals surface area contributed by atoms with Crippen molar-refractivity contribution in [2.45, 2.75) is 24.9 Å². The summed E-state index contributed by atoms with van der Waals surface area (Å²) < 4.78 is 4.98. The molecule has 1 aromatic carbocycles. The molecule has 0 amide bonds. The van der Waals surface area contributed by atoms with Gasteiger partial charge in [-0.3, -0.25) is 4.79 Å². The van der Waals surface area contributed by atoms with Crippen molar-refractivity contribution in [1.82, 2.24) is 0 Å². The Morgan fingerprint density at radius 3 is 2.56 bits per heavy atom. The van der Waals surface area contributed by atoms with E-state index in [1.54, 1.807) is 0 Å². The molecule has 1 fully saturated rings. The molecular formula is C12H12O4. The number of carbonyl (C=O) groups is 2. The Bertz CT molecular complexity index is 412. The van der Waals surface area contributed by atoms with Crippen LogP contribution in [0.5, 0.6) is 0 Å². The number of aliphatic carboxylic acids is 1. The topological polar surface area (TPSA) is 63.6 Å². The zero-order valence-corrected chi connectivity index (χ0v) is 8.68. The third-order valence-corrected chi connectivity index (χ3v) is 2.76. The molecule has 84 valence electrons. The minimum Gasteiger partial charge on any atom is -0.478 e. The molecular weight excluding hydrogens is 210 g/mol. The third-order valence-electron chi connectivity index (χ3n) is 2.76. The molecule has 1 saturated heterocycles. The second-order valence-corrected chi connectivity index (χ2v) is 3.94. The fourth-order valence-corrected chi connectivity index (χ4v) is 1.90. The summed E-state index contributed by atoms with van der Waals surface area (Å²) in [5, 5.41) is 9.17. The second kappa shape index (κ2) is 3.96. The van der Waals surface area contributed by atoms with E-state index in [1.165, 1.54) is 0 Å². The number of ether oxygens (including phenoxy) is 1. The van der Waals surface area contributed by atoms with Crippen molar-refractivity contribution >= 4 is 11.9 Å². The molecule has 2 rings (SSSR count). The highest BCUT2D eigenvalue weighted by molar-refractivity contribution is 5.85. The first-order chi connectivity index (χ1) is 7.62. The van der Waals surface area contributed by atoms with Gasteiger partial charge in [0, 0.05) is 19.3 Å². The maximum Gasteiger partial charge on any atom is 0.348 e. The number of carboxylic acid groups (broad SMARTS) is 1. The van der Waals surface area contributed by atoms with Crippen molar-refractivity contribution in [3.63, 3.8) is 0 Å². The lowest BCUT2D eigenvalue weighted by atomic mass is 9.93. The van der Waals surface area contributed by atoms with Crippen molar-refractivity contribution in [2.75, 3.05) is 0 Å². The molecule has 0 aromatic heterocycles. The molecule has 1 aromatic rings. The molecule has 0 bridgehead atoms. The maximum atomic E-state index is 11.2. The Morgan fingerprint density at radius 2 is 2.06 bits per heavy atom. The molecule has 0 spiro atoms. The summed E-state index contributed by atoms with van der Waals surface area (Å²) in [6, 6.07) is 9.19. The summed E-state index contributed by atoms with van der Waals surface area (Å²) in [5.74, 6) is -1.50. The van der Waals surface area contributed by atoms with Crippen molar-refractivity contribution in [2.24, 2.45) is 0 Å². The van der Waals surface area contributed by atoms with Crippen LogP contribution in [0.25, 0.3) is 0 Å². The van der Waals surface area contributed by atoms with Crippen LogP contribution in [0, 0.1) is 0 Å². The van der Waals surface area contributed by atoms with E-state index in [-0.39, 0.29) is 19.3 Å². The highest BCUT2D eigenvalue weighted by Crippen LogP contribution is 2.30. The Balaban J connectivity index is 2.22. The lowest BCUT2D eigenvalue weighted by molar-refractivity contribution is -0.169. The number of carbonyl (C=O) groups excluding carboxylic acids is 1. The van der Waals surface area contributed by atoms with Gasteiger partial charge in [0.25, 0.3) is 0 Å². The van der Waals surface area contributed by atoms with Crippen LogP contribution < -0.4 is 0 Å². The van der Waals surface area contributed by atoms with Gasteiger partial charge in [0.1, 0.15) is 0 Å². The largest absolute Gasteiger partial charge is 0.478 e. The average Bonchev–Trinajstić information content (AvgIpc) is 2.63. The molecule has 0 aliphatic carbocycles. The Morgan fingerprint density at radius 1 is 1.38 bits per heavy atom. The molecule has 4 heteroatoms. The van der Waals surface area contributed by atoms with E-state index in [2.05, 4.69) is 0 Å². The van der Waals surface area contributed by atoms with E-state index in [0.29, 0.717) is 0 Å². The van der Waals surface area contributed by atoms with Gasteiger partial charge in [-0.1, -0.05) is 30.3 Å². The molecule has 0 radical (unpaired) electrons. The van der Waals surface area contributed by atoms with Crippen LogP contribution in [-0.4, -0.2) is 22.6 Å². The van der Waals surface area contributed by atoms with E-state index in [0.717, 1.165) is 5.56 Å². The number of benzene rings is 1. The molecule has 16 heavy (non-hydrogen) atoms. The first kappa shape index (κ1) is 10.7. The maximum absolute atomic E-state index is 11.2. The third kappa shape index (κ3) is 1.91. The van der Waals surface area contributed by atoms with Gasteiger partial charge in [-0.25, -0.2) is 4.79 Å². The Labute approximate surface area is 92.8 Å². The smallest absolute Gasteiger partial charge is 0.348 e. The minimum absolute atomic E-state index is 0.180. The molecule has 1 aliphatic rings. The zero-order chi connectivity index (χ0) is 11.6. The fraction of sp³-hybridized carbons (Fsp3) is 0.333. The molecule has 1 heterocycles. The lowest BCUT2D eigenvalue weighted by Gasteiger charge is -2.22. The van der Waals surface area contributed by atoms with Gasteiger partial charge < -0.3 is 9.84 Å². The lowest BCUT2D eigenvalue weighted by Crippen LogP contribution is -2.40. The van der Waals surface area contributed by atoms with Crippen LogP contribution in [0.15, 0.2) is 30.3 Å². The Hall–Kier alpha value is -1.84. The summed E-state index contributed by atoms with van der Waals surface area (Å²) in [4.78, 5) is 22.3. The molecule has 4 nitrogen and oxygen atoms in total. The minimum atomic E-state index is -1.36. The number of carboxylic acids is 1. The predicted octanol–water partition coefficient (Wildman–Crippen LogP) is 1.39. The highest BCUT2D eigenvalue weighted by atomic mass is 18.3. The van der Waals surface area contributed by atoms with Crippen LogP contribution in [0.3, 0.4) is 0 Å². The summed E-state index contributed by atoms with van der Waals surface area (Å²) in [5.41, 5.74) is -0.502. The molecule has 0 unspecified atom stereocenters. The van der Waals surface area contributed by atoms with E-state index in [4.69, 9.17) is 9.84 Å². The second-order valence-electron chi connectivity index (χ2n) is 3.94. The van der Waals surface area contributed by atoms with Crippen LogP contribution in [0.4, 0.5) is 0 Å². The van der Waals surface area contributed by atoms with Crippen LogP contribution in [-0.2, 0) is 20.7 Å². The van der Waals surface area contributed by atoms with Crippen LogP contribution in [0.1, 0.15) is 18.4 Å².